The second-order valence-corrected chi connectivity index (χ2v) is 5.65. The van der Waals surface area contributed by atoms with Gasteiger partial charge in [-0.2, -0.15) is 0 Å². The molecule has 0 amide bonds. The molecule has 1 aromatic heterocycles. The van der Waals surface area contributed by atoms with E-state index >= 15 is 0 Å². The molecule has 22 heavy (non-hydrogen) atoms. The number of rotatable bonds is 4. The van der Waals surface area contributed by atoms with Crippen LogP contribution in [0.3, 0.4) is 0 Å². The molecule has 1 aliphatic rings. The van der Waals surface area contributed by atoms with E-state index < -0.39 is 0 Å². The highest BCUT2D eigenvalue weighted by molar-refractivity contribution is 5.24. The first-order chi connectivity index (χ1) is 10.7. The van der Waals surface area contributed by atoms with Gasteiger partial charge < -0.3 is 14.9 Å². The number of nitrogens with two attached hydrogens (primary N) is 1. The summed E-state index contributed by atoms with van der Waals surface area (Å²) >= 11 is 0. The van der Waals surface area contributed by atoms with E-state index in [0.717, 1.165) is 13.1 Å². The second kappa shape index (κ2) is 6.34. The molecular formula is C17H20N2O3. The lowest BCUT2D eigenvalue weighted by molar-refractivity contribution is 0.283. The summed E-state index contributed by atoms with van der Waals surface area (Å²) in [5.41, 5.74) is 7.37. The molecule has 3 rings (SSSR count). The second-order valence-electron chi connectivity index (χ2n) is 5.65. The lowest BCUT2D eigenvalue weighted by Gasteiger charge is -2.15. The highest BCUT2D eigenvalue weighted by atomic mass is 16.5. The van der Waals surface area contributed by atoms with Crippen molar-refractivity contribution in [3.63, 3.8) is 0 Å². The first-order valence-electron chi connectivity index (χ1n) is 7.36. The predicted molar refractivity (Wildman–Crippen MR) is 84.0 cm³/mol. The van der Waals surface area contributed by atoms with Crippen LogP contribution < -0.4 is 15.9 Å². The third-order valence-corrected chi connectivity index (χ3v) is 4.12. The summed E-state index contributed by atoms with van der Waals surface area (Å²) in [4.78, 5) is 14.0. The summed E-state index contributed by atoms with van der Waals surface area (Å²) < 4.78 is 10.4. The van der Waals surface area contributed by atoms with Gasteiger partial charge in [0.2, 0.25) is 11.2 Å². The average molecular weight is 300 g/mol. The zero-order valence-electron chi connectivity index (χ0n) is 12.6. The van der Waals surface area contributed by atoms with Crippen molar-refractivity contribution in [3.8, 4) is 5.75 Å². The van der Waals surface area contributed by atoms with Gasteiger partial charge in [-0.3, -0.25) is 9.69 Å². The standard InChI is InChI=1S/C17H20N2O3/c1-21-17-11-22-13(7-16(17)20)8-19-9-14(15(18)10-19)12-5-3-2-4-6-12/h2-7,11,14-15H,8-10,18H2,1H3/t14-,15+/m0/s1. The Morgan fingerprint density at radius 1 is 1.32 bits per heavy atom. The highest BCUT2D eigenvalue weighted by Gasteiger charge is 2.31. The van der Waals surface area contributed by atoms with E-state index in [9.17, 15) is 4.79 Å². The zero-order valence-corrected chi connectivity index (χ0v) is 12.6. The number of hydrogen-bond donors (Lipinski definition) is 1. The molecule has 0 spiro atoms. The molecule has 5 heteroatoms. The molecule has 2 N–H and O–H groups in total. The average Bonchev–Trinajstić information content (AvgIpc) is 2.89. The van der Waals surface area contributed by atoms with E-state index in [2.05, 4.69) is 17.0 Å². The van der Waals surface area contributed by atoms with E-state index in [0.29, 0.717) is 18.2 Å². The van der Waals surface area contributed by atoms with Crippen LogP contribution in [0.15, 0.2) is 51.9 Å². The summed E-state index contributed by atoms with van der Waals surface area (Å²) in [5.74, 6) is 1.17. The van der Waals surface area contributed by atoms with Crippen LogP contribution in [-0.4, -0.2) is 31.1 Å². The number of likely N-dealkylation sites (tertiary alicyclic amines) is 1. The van der Waals surface area contributed by atoms with Gasteiger partial charge in [0.25, 0.3) is 0 Å². The van der Waals surface area contributed by atoms with Gasteiger partial charge in [0.15, 0.2) is 0 Å². The molecule has 1 aromatic carbocycles. The maximum Gasteiger partial charge on any atom is 0.227 e. The van der Waals surface area contributed by atoms with E-state index in [1.807, 2.05) is 18.2 Å². The molecule has 2 heterocycles. The summed E-state index contributed by atoms with van der Waals surface area (Å²) in [5, 5.41) is 0. The fraction of sp³-hybridized carbons (Fsp3) is 0.353. The predicted octanol–water partition coefficient (Wildman–Crippen LogP) is 1.58. The van der Waals surface area contributed by atoms with Crippen LogP contribution in [0.2, 0.25) is 0 Å². The molecule has 2 atom stereocenters. The molecule has 1 aliphatic heterocycles. The van der Waals surface area contributed by atoms with Crippen LogP contribution in [0, 0.1) is 0 Å². The molecule has 116 valence electrons. The van der Waals surface area contributed by atoms with Crippen LogP contribution >= 0.6 is 0 Å². The molecular weight excluding hydrogens is 280 g/mol. The zero-order chi connectivity index (χ0) is 15.5. The first-order valence-corrected chi connectivity index (χ1v) is 7.36. The van der Waals surface area contributed by atoms with Crippen molar-refractivity contribution in [2.45, 2.75) is 18.5 Å². The quantitative estimate of drug-likeness (QED) is 0.928. The topological polar surface area (TPSA) is 68.7 Å². The Hall–Kier alpha value is -2.11. The number of nitrogens with zero attached hydrogens (tertiary/aromatic N) is 1. The van der Waals surface area contributed by atoms with Gasteiger partial charge in [-0.05, 0) is 5.56 Å². The number of benzene rings is 1. The molecule has 5 nitrogen and oxygen atoms in total. The molecule has 0 bridgehead atoms. The minimum Gasteiger partial charge on any atom is -0.490 e. The van der Waals surface area contributed by atoms with Crippen molar-refractivity contribution in [2.75, 3.05) is 20.2 Å². The van der Waals surface area contributed by atoms with Crippen LogP contribution in [0.5, 0.6) is 5.75 Å². The van der Waals surface area contributed by atoms with E-state index in [4.69, 9.17) is 14.9 Å². The maximum absolute atomic E-state index is 11.8. The Bertz CT molecular complexity index is 684. The van der Waals surface area contributed by atoms with Crippen LogP contribution in [-0.2, 0) is 6.54 Å². The smallest absolute Gasteiger partial charge is 0.227 e. The van der Waals surface area contributed by atoms with E-state index in [1.165, 1.54) is 25.0 Å². The lowest BCUT2D eigenvalue weighted by atomic mass is 9.95. The van der Waals surface area contributed by atoms with Crippen molar-refractivity contribution < 1.29 is 9.15 Å². The Morgan fingerprint density at radius 2 is 2.09 bits per heavy atom. The molecule has 1 fully saturated rings. The lowest BCUT2D eigenvalue weighted by Crippen LogP contribution is -2.28. The summed E-state index contributed by atoms with van der Waals surface area (Å²) in [6.07, 6.45) is 1.36. The van der Waals surface area contributed by atoms with E-state index in [-0.39, 0.29) is 17.2 Å². The fourth-order valence-corrected chi connectivity index (χ4v) is 2.99. The summed E-state index contributed by atoms with van der Waals surface area (Å²) in [7, 11) is 1.45. The number of ether oxygens (including phenoxy) is 1. The Balaban J connectivity index is 1.70. The third kappa shape index (κ3) is 3.05. The van der Waals surface area contributed by atoms with Crippen LogP contribution in [0.4, 0.5) is 0 Å². The minimum absolute atomic E-state index is 0.0902. The van der Waals surface area contributed by atoms with Gasteiger partial charge in [0.05, 0.1) is 13.7 Å². The fourth-order valence-electron chi connectivity index (χ4n) is 2.99. The number of hydrogen-bond acceptors (Lipinski definition) is 5. The van der Waals surface area contributed by atoms with Gasteiger partial charge in [0.1, 0.15) is 12.0 Å². The van der Waals surface area contributed by atoms with Crippen molar-refractivity contribution in [1.82, 2.24) is 4.90 Å². The molecule has 0 saturated carbocycles. The summed E-state index contributed by atoms with van der Waals surface area (Å²) in [6.45, 7) is 2.23. The number of methoxy groups -OCH3 is 1. The van der Waals surface area contributed by atoms with Crippen molar-refractivity contribution >= 4 is 0 Å². The van der Waals surface area contributed by atoms with Crippen LogP contribution in [0.1, 0.15) is 17.2 Å². The third-order valence-electron chi connectivity index (χ3n) is 4.12. The van der Waals surface area contributed by atoms with Gasteiger partial charge in [0, 0.05) is 31.1 Å². The molecule has 1 saturated heterocycles. The minimum atomic E-state index is -0.160. The van der Waals surface area contributed by atoms with Crippen molar-refractivity contribution in [2.24, 2.45) is 5.73 Å². The van der Waals surface area contributed by atoms with Gasteiger partial charge in [-0.25, -0.2) is 0 Å². The largest absolute Gasteiger partial charge is 0.490 e. The first kappa shape index (κ1) is 14.8. The normalized spacial score (nSPS) is 21.9. The van der Waals surface area contributed by atoms with E-state index in [1.54, 1.807) is 0 Å². The SMILES string of the molecule is COc1coc(CN2C[C@@H](N)[C@H](c3ccccc3)C2)cc1=O. The Morgan fingerprint density at radius 3 is 2.77 bits per heavy atom. The van der Waals surface area contributed by atoms with Gasteiger partial charge in [-0.1, -0.05) is 30.3 Å². The van der Waals surface area contributed by atoms with Crippen LogP contribution in [0.25, 0.3) is 0 Å². The van der Waals surface area contributed by atoms with Crippen molar-refractivity contribution in [1.29, 1.82) is 0 Å². The molecule has 0 aliphatic carbocycles. The van der Waals surface area contributed by atoms with Crippen molar-refractivity contribution in [3.05, 3.63) is 64.2 Å². The highest BCUT2D eigenvalue weighted by Crippen LogP contribution is 2.27. The monoisotopic (exact) mass is 300 g/mol. The van der Waals surface area contributed by atoms with Gasteiger partial charge in [-0.15, -0.1) is 0 Å². The molecule has 2 aromatic rings. The molecule has 0 radical (unpaired) electrons. The summed E-state index contributed by atoms with van der Waals surface area (Å²) in [6, 6.07) is 11.9. The molecule has 0 unspecified atom stereocenters. The Kier molecular flexibility index (Phi) is 4.27. The van der Waals surface area contributed by atoms with Gasteiger partial charge >= 0.3 is 0 Å². The maximum atomic E-state index is 11.8. The Labute approximate surface area is 129 Å².